The van der Waals surface area contributed by atoms with Crippen LogP contribution in [0.3, 0.4) is 0 Å². The van der Waals surface area contributed by atoms with Crippen molar-refractivity contribution in [3.8, 4) is 6.07 Å². The summed E-state index contributed by atoms with van der Waals surface area (Å²) in [5.74, 6) is -1.01. The van der Waals surface area contributed by atoms with Crippen molar-refractivity contribution in [2.75, 3.05) is 0 Å². The van der Waals surface area contributed by atoms with E-state index in [4.69, 9.17) is 33.6 Å². The summed E-state index contributed by atoms with van der Waals surface area (Å²) in [5, 5.41) is 17.8. The van der Waals surface area contributed by atoms with Gasteiger partial charge in [0.2, 0.25) is 0 Å². The van der Waals surface area contributed by atoms with E-state index in [1.54, 1.807) is 0 Å². The van der Waals surface area contributed by atoms with Crippen molar-refractivity contribution >= 4 is 29.2 Å². The lowest BCUT2D eigenvalue weighted by molar-refractivity contribution is -0.136. The molecule has 1 aromatic rings. The summed E-state index contributed by atoms with van der Waals surface area (Å²) in [6.45, 7) is 0. The molecule has 0 spiro atoms. The number of aliphatic carboxylic acids is 1. The van der Waals surface area contributed by atoms with Crippen molar-refractivity contribution in [1.82, 2.24) is 0 Å². The van der Waals surface area contributed by atoms with Gasteiger partial charge in [0.1, 0.15) is 0 Å². The van der Waals surface area contributed by atoms with E-state index in [-0.39, 0.29) is 22.0 Å². The molecule has 0 saturated heterocycles. The van der Waals surface area contributed by atoms with E-state index in [1.165, 1.54) is 12.1 Å². The summed E-state index contributed by atoms with van der Waals surface area (Å²) in [4.78, 5) is 10.4. The van der Waals surface area contributed by atoms with Crippen molar-refractivity contribution in [3.05, 3.63) is 33.3 Å². The van der Waals surface area contributed by atoms with Gasteiger partial charge in [0.25, 0.3) is 0 Å². The van der Waals surface area contributed by atoms with E-state index in [2.05, 4.69) is 0 Å². The standard InChI is InChI=1S/C9H5Cl2NO2/c10-7-1-5(3-9(13)14)6(4-12)2-8(7)11/h1-2H,3H2,(H,13,14). The quantitative estimate of drug-likeness (QED) is 0.848. The lowest BCUT2D eigenvalue weighted by Crippen LogP contribution is -2.02. The predicted molar refractivity (Wildman–Crippen MR) is 52.5 cm³/mol. The van der Waals surface area contributed by atoms with Crippen molar-refractivity contribution < 1.29 is 9.90 Å². The molecule has 0 radical (unpaired) electrons. The normalized spacial score (nSPS) is 9.50. The average Bonchev–Trinajstić information content (AvgIpc) is 2.10. The van der Waals surface area contributed by atoms with E-state index in [9.17, 15) is 4.79 Å². The van der Waals surface area contributed by atoms with E-state index < -0.39 is 5.97 Å². The monoisotopic (exact) mass is 229 g/mol. The first-order chi connectivity index (χ1) is 6.54. The van der Waals surface area contributed by atoms with Gasteiger partial charge in [-0.15, -0.1) is 0 Å². The Labute approximate surface area is 90.5 Å². The minimum atomic E-state index is -1.01. The van der Waals surface area contributed by atoms with Gasteiger partial charge in [-0.1, -0.05) is 23.2 Å². The second-order valence-corrected chi connectivity index (χ2v) is 3.42. The number of hydrogen-bond donors (Lipinski definition) is 1. The second kappa shape index (κ2) is 4.32. The summed E-state index contributed by atoms with van der Waals surface area (Å²) < 4.78 is 0. The molecule has 1 aromatic carbocycles. The Morgan fingerprint density at radius 2 is 2.00 bits per heavy atom. The summed E-state index contributed by atoms with van der Waals surface area (Å²) >= 11 is 11.4. The third-order valence-corrected chi connectivity index (χ3v) is 2.33. The van der Waals surface area contributed by atoms with Crippen LogP contribution in [0.1, 0.15) is 11.1 Å². The van der Waals surface area contributed by atoms with Crippen LogP contribution in [0.25, 0.3) is 0 Å². The fourth-order valence-corrected chi connectivity index (χ4v) is 1.35. The van der Waals surface area contributed by atoms with Crippen molar-refractivity contribution in [2.45, 2.75) is 6.42 Å². The zero-order valence-electron chi connectivity index (χ0n) is 6.92. The van der Waals surface area contributed by atoms with Gasteiger partial charge in [-0.3, -0.25) is 4.79 Å². The molecule has 0 atom stereocenters. The molecule has 0 aliphatic heterocycles. The first-order valence-electron chi connectivity index (χ1n) is 3.64. The number of rotatable bonds is 2. The van der Waals surface area contributed by atoms with Gasteiger partial charge < -0.3 is 5.11 Å². The number of benzene rings is 1. The van der Waals surface area contributed by atoms with Gasteiger partial charge in [-0.25, -0.2) is 0 Å². The highest BCUT2D eigenvalue weighted by atomic mass is 35.5. The summed E-state index contributed by atoms with van der Waals surface area (Å²) in [6.07, 6.45) is -0.236. The van der Waals surface area contributed by atoms with E-state index in [0.717, 1.165) is 0 Å². The van der Waals surface area contributed by atoms with Gasteiger partial charge in [-0.05, 0) is 17.7 Å². The Bertz CT molecular complexity index is 424. The Kier molecular flexibility index (Phi) is 3.34. The van der Waals surface area contributed by atoms with Gasteiger partial charge in [0.15, 0.2) is 0 Å². The fraction of sp³-hybridized carbons (Fsp3) is 0.111. The van der Waals surface area contributed by atoms with Gasteiger partial charge >= 0.3 is 5.97 Å². The van der Waals surface area contributed by atoms with E-state index >= 15 is 0 Å². The molecule has 5 heteroatoms. The van der Waals surface area contributed by atoms with Crippen LogP contribution < -0.4 is 0 Å². The Balaban J connectivity index is 3.22. The maximum atomic E-state index is 10.4. The molecule has 3 nitrogen and oxygen atoms in total. The predicted octanol–water partition coefficient (Wildman–Crippen LogP) is 2.49. The molecule has 0 bridgehead atoms. The highest BCUT2D eigenvalue weighted by molar-refractivity contribution is 6.42. The molecule has 1 N–H and O–H groups in total. The largest absolute Gasteiger partial charge is 0.481 e. The lowest BCUT2D eigenvalue weighted by atomic mass is 10.1. The molecular formula is C9H5Cl2NO2. The van der Waals surface area contributed by atoms with Crippen LogP contribution in [0.15, 0.2) is 12.1 Å². The summed E-state index contributed by atoms with van der Waals surface area (Å²) in [7, 11) is 0. The average molecular weight is 230 g/mol. The molecule has 0 saturated carbocycles. The molecule has 0 aromatic heterocycles. The minimum absolute atomic E-state index is 0.236. The molecule has 0 amide bonds. The Morgan fingerprint density at radius 3 is 2.50 bits per heavy atom. The fourth-order valence-electron chi connectivity index (χ4n) is 1.00. The van der Waals surface area contributed by atoms with Crippen LogP contribution >= 0.6 is 23.2 Å². The molecule has 0 unspecified atom stereocenters. The third-order valence-electron chi connectivity index (χ3n) is 1.61. The highest BCUT2D eigenvalue weighted by Gasteiger charge is 2.10. The van der Waals surface area contributed by atoms with E-state index in [1.807, 2.05) is 6.07 Å². The van der Waals surface area contributed by atoms with Crippen molar-refractivity contribution in [3.63, 3.8) is 0 Å². The zero-order chi connectivity index (χ0) is 10.7. The number of carbonyl (C=O) groups is 1. The Morgan fingerprint density at radius 1 is 1.43 bits per heavy atom. The highest BCUT2D eigenvalue weighted by Crippen LogP contribution is 2.25. The first-order valence-corrected chi connectivity index (χ1v) is 4.40. The third kappa shape index (κ3) is 2.38. The van der Waals surface area contributed by atoms with Crippen LogP contribution in [0.2, 0.25) is 10.0 Å². The molecule has 72 valence electrons. The summed E-state index contributed by atoms with van der Waals surface area (Å²) in [5.41, 5.74) is 0.608. The number of nitrogens with zero attached hydrogens (tertiary/aromatic N) is 1. The van der Waals surface area contributed by atoms with Gasteiger partial charge in [0, 0.05) is 0 Å². The van der Waals surface area contributed by atoms with Crippen molar-refractivity contribution in [2.24, 2.45) is 0 Å². The van der Waals surface area contributed by atoms with Crippen LogP contribution in [0.5, 0.6) is 0 Å². The SMILES string of the molecule is N#Cc1cc(Cl)c(Cl)cc1CC(=O)O. The number of carboxylic acids is 1. The number of hydrogen-bond acceptors (Lipinski definition) is 2. The number of nitriles is 1. The summed E-state index contributed by atoms with van der Waals surface area (Å²) in [6, 6.07) is 4.63. The van der Waals surface area contributed by atoms with Crippen LogP contribution in [-0.4, -0.2) is 11.1 Å². The molecule has 0 heterocycles. The zero-order valence-corrected chi connectivity index (χ0v) is 8.43. The smallest absolute Gasteiger partial charge is 0.307 e. The maximum Gasteiger partial charge on any atom is 0.307 e. The van der Waals surface area contributed by atoms with Crippen molar-refractivity contribution in [1.29, 1.82) is 5.26 Å². The lowest BCUT2D eigenvalue weighted by Gasteiger charge is -2.02. The topological polar surface area (TPSA) is 61.1 Å². The molecule has 14 heavy (non-hydrogen) atoms. The van der Waals surface area contributed by atoms with E-state index in [0.29, 0.717) is 5.56 Å². The van der Waals surface area contributed by atoms with Crippen LogP contribution in [0, 0.1) is 11.3 Å². The molecule has 0 fully saturated rings. The van der Waals surface area contributed by atoms with Crippen LogP contribution in [0.4, 0.5) is 0 Å². The molecule has 1 rings (SSSR count). The second-order valence-electron chi connectivity index (χ2n) is 2.61. The molecule has 0 aliphatic carbocycles. The molecule has 0 aliphatic rings. The minimum Gasteiger partial charge on any atom is -0.481 e. The maximum absolute atomic E-state index is 10.4. The number of carboxylic acid groups (broad SMARTS) is 1. The van der Waals surface area contributed by atoms with Gasteiger partial charge in [0.05, 0.1) is 28.1 Å². The first kappa shape index (κ1) is 10.8. The van der Waals surface area contributed by atoms with Gasteiger partial charge in [-0.2, -0.15) is 5.26 Å². The number of halogens is 2. The Hall–Kier alpha value is -1.24. The van der Waals surface area contributed by atoms with Crippen LogP contribution in [-0.2, 0) is 11.2 Å². The molecular weight excluding hydrogens is 225 g/mol.